The summed E-state index contributed by atoms with van der Waals surface area (Å²) >= 11 is 1.60. The van der Waals surface area contributed by atoms with Gasteiger partial charge < -0.3 is 14.4 Å². The van der Waals surface area contributed by atoms with Crippen LogP contribution in [0.3, 0.4) is 0 Å². The Labute approximate surface area is 175 Å². The van der Waals surface area contributed by atoms with Gasteiger partial charge in [-0.3, -0.25) is 4.79 Å². The molecule has 1 amide bonds. The molecule has 1 aromatic heterocycles. The SMILES string of the molecule is Cc1nc(/C=C/C(=O)N2CC3(CCCC3)c3cc4c(cc3C2C)OCCO4)cs1. The number of carbonyl (C=O) groups is 1. The highest BCUT2D eigenvalue weighted by molar-refractivity contribution is 7.09. The molecule has 1 unspecified atom stereocenters. The summed E-state index contributed by atoms with van der Waals surface area (Å²) in [7, 11) is 0. The van der Waals surface area contributed by atoms with E-state index in [-0.39, 0.29) is 17.4 Å². The number of ether oxygens (including phenoxy) is 2. The second kappa shape index (κ2) is 7.17. The number of hydrogen-bond donors (Lipinski definition) is 0. The Kier molecular flexibility index (Phi) is 4.62. The molecule has 2 aliphatic heterocycles. The summed E-state index contributed by atoms with van der Waals surface area (Å²) in [6, 6.07) is 4.31. The van der Waals surface area contributed by atoms with Gasteiger partial charge in [0.15, 0.2) is 11.5 Å². The van der Waals surface area contributed by atoms with Crippen LogP contribution in [0.25, 0.3) is 6.08 Å². The van der Waals surface area contributed by atoms with Gasteiger partial charge >= 0.3 is 0 Å². The number of benzene rings is 1. The van der Waals surface area contributed by atoms with Crippen molar-refractivity contribution in [1.82, 2.24) is 9.88 Å². The quantitative estimate of drug-likeness (QED) is 0.676. The van der Waals surface area contributed by atoms with Crippen molar-refractivity contribution < 1.29 is 14.3 Å². The molecule has 0 saturated heterocycles. The maximum atomic E-state index is 13.2. The number of hydrogen-bond acceptors (Lipinski definition) is 5. The lowest BCUT2D eigenvalue weighted by Gasteiger charge is -2.46. The molecule has 3 heterocycles. The topological polar surface area (TPSA) is 51.7 Å². The minimum Gasteiger partial charge on any atom is -0.486 e. The van der Waals surface area contributed by atoms with E-state index in [2.05, 4.69) is 24.0 Å². The lowest BCUT2D eigenvalue weighted by atomic mass is 9.71. The van der Waals surface area contributed by atoms with Crippen molar-refractivity contribution >= 4 is 23.3 Å². The van der Waals surface area contributed by atoms with Crippen molar-refractivity contribution in [2.75, 3.05) is 19.8 Å². The fraction of sp³-hybridized carbons (Fsp3) is 0.478. The average Bonchev–Trinajstić information content (AvgIpc) is 3.37. The molecule has 1 spiro atoms. The highest BCUT2D eigenvalue weighted by atomic mass is 32.1. The van der Waals surface area contributed by atoms with E-state index >= 15 is 0 Å². The number of aryl methyl sites for hydroxylation is 1. The summed E-state index contributed by atoms with van der Waals surface area (Å²) in [5, 5.41) is 2.99. The van der Waals surface area contributed by atoms with Gasteiger partial charge in [-0.2, -0.15) is 0 Å². The van der Waals surface area contributed by atoms with Crippen molar-refractivity contribution in [2.24, 2.45) is 0 Å². The summed E-state index contributed by atoms with van der Waals surface area (Å²) in [6.07, 6.45) is 8.16. The Bertz CT molecular complexity index is 974. The standard InChI is InChI=1S/C23H26N2O3S/c1-15-18-11-20-21(28-10-9-27-20)12-19(18)23(7-3-4-8-23)14-25(15)22(26)6-5-17-13-29-16(2)24-17/h5-6,11-13,15H,3-4,7-10,14H2,1-2H3/b6-5+. The van der Waals surface area contributed by atoms with E-state index in [0.29, 0.717) is 13.2 Å². The van der Waals surface area contributed by atoms with Crippen LogP contribution in [-0.2, 0) is 10.2 Å². The Balaban J connectivity index is 1.51. The molecule has 1 aromatic carbocycles. The lowest BCUT2D eigenvalue weighted by molar-refractivity contribution is -0.129. The van der Waals surface area contributed by atoms with Crippen molar-refractivity contribution in [2.45, 2.75) is 51.0 Å². The van der Waals surface area contributed by atoms with Crippen LogP contribution < -0.4 is 9.47 Å². The summed E-state index contributed by atoms with van der Waals surface area (Å²) < 4.78 is 11.7. The van der Waals surface area contributed by atoms with E-state index in [1.165, 1.54) is 24.0 Å². The molecular weight excluding hydrogens is 384 g/mol. The van der Waals surface area contributed by atoms with Crippen molar-refractivity contribution in [3.05, 3.63) is 45.4 Å². The van der Waals surface area contributed by atoms with Crippen LogP contribution in [-0.4, -0.2) is 35.5 Å². The van der Waals surface area contributed by atoms with Crippen LogP contribution in [0.15, 0.2) is 23.6 Å². The van der Waals surface area contributed by atoms with E-state index < -0.39 is 0 Å². The van der Waals surface area contributed by atoms with E-state index in [0.717, 1.165) is 41.6 Å². The first-order chi connectivity index (χ1) is 14.1. The fourth-order valence-electron chi connectivity index (χ4n) is 5.08. The molecule has 6 heteroatoms. The number of aromatic nitrogens is 1. The zero-order chi connectivity index (χ0) is 20.0. The van der Waals surface area contributed by atoms with E-state index in [1.807, 2.05) is 23.3 Å². The third-order valence-electron chi connectivity index (χ3n) is 6.55. The molecule has 5 rings (SSSR count). The van der Waals surface area contributed by atoms with Gasteiger partial charge in [-0.15, -0.1) is 11.3 Å². The Morgan fingerprint density at radius 1 is 1.24 bits per heavy atom. The second-order valence-electron chi connectivity index (χ2n) is 8.34. The molecule has 1 saturated carbocycles. The summed E-state index contributed by atoms with van der Waals surface area (Å²) in [6.45, 7) is 6.03. The smallest absolute Gasteiger partial charge is 0.247 e. The number of carbonyl (C=O) groups excluding carboxylic acids is 1. The van der Waals surface area contributed by atoms with E-state index in [1.54, 1.807) is 17.4 Å². The van der Waals surface area contributed by atoms with E-state index in [4.69, 9.17) is 9.47 Å². The zero-order valence-corrected chi connectivity index (χ0v) is 17.8. The zero-order valence-electron chi connectivity index (χ0n) is 16.9. The van der Waals surface area contributed by atoms with Crippen molar-refractivity contribution in [3.63, 3.8) is 0 Å². The summed E-state index contributed by atoms with van der Waals surface area (Å²) in [4.78, 5) is 19.6. The van der Waals surface area contributed by atoms with Gasteiger partial charge in [0.05, 0.1) is 16.7 Å². The predicted octanol–water partition coefficient (Wildman–Crippen LogP) is 4.65. The molecule has 0 N–H and O–H groups in total. The number of nitrogens with zero attached hydrogens (tertiary/aromatic N) is 2. The van der Waals surface area contributed by atoms with Crippen LogP contribution >= 0.6 is 11.3 Å². The Morgan fingerprint density at radius 3 is 2.66 bits per heavy atom. The number of rotatable bonds is 2. The lowest BCUT2D eigenvalue weighted by Crippen LogP contribution is -2.48. The molecule has 2 aromatic rings. The summed E-state index contributed by atoms with van der Waals surface area (Å²) in [5.41, 5.74) is 3.43. The number of amides is 1. The van der Waals surface area contributed by atoms with Crippen molar-refractivity contribution in [1.29, 1.82) is 0 Å². The second-order valence-corrected chi connectivity index (χ2v) is 9.40. The maximum Gasteiger partial charge on any atom is 0.247 e. The Hall–Kier alpha value is -2.34. The van der Waals surface area contributed by atoms with Crippen LogP contribution in [0.1, 0.15) is 60.5 Å². The highest BCUT2D eigenvalue weighted by Crippen LogP contribution is 2.51. The van der Waals surface area contributed by atoms with Crippen LogP contribution in [0.2, 0.25) is 0 Å². The summed E-state index contributed by atoms with van der Waals surface area (Å²) in [5.74, 6) is 1.71. The molecular formula is C23H26N2O3S. The maximum absolute atomic E-state index is 13.2. The molecule has 5 nitrogen and oxygen atoms in total. The van der Waals surface area contributed by atoms with Crippen molar-refractivity contribution in [3.8, 4) is 11.5 Å². The minimum absolute atomic E-state index is 0.00127. The van der Waals surface area contributed by atoms with Crippen LogP contribution in [0, 0.1) is 6.92 Å². The third-order valence-corrected chi connectivity index (χ3v) is 7.35. The normalized spacial score (nSPS) is 22.3. The number of fused-ring (bicyclic) bond motifs is 3. The molecule has 1 fully saturated rings. The van der Waals surface area contributed by atoms with Gasteiger partial charge in [-0.25, -0.2) is 4.98 Å². The van der Waals surface area contributed by atoms with E-state index in [9.17, 15) is 4.79 Å². The van der Waals surface area contributed by atoms with Crippen LogP contribution in [0.5, 0.6) is 11.5 Å². The molecule has 1 atom stereocenters. The van der Waals surface area contributed by atoms with Gasteiger partial charge in [0, 0.05) is 23.4 Å². The fourth-order valence-corrected chi connectivity index (χ4v) is 5.66. The third kappa shape index (κ3) is 3.23. The van der Waals surface area contributed by atoms with Crippen LogP contribution in [0.4, 0.5) is 0 Å². The first-order valence-electron chi connectivity index (χ1n) is 10.4. The molecule has 0 radical (unpaired) electrons. The minimum atomic E-state index is 0.00127. The average molecular weight is 411 g/mol. The molecule has 0 bridgehead atoms. The van der Waals surface area contributed by atoms with Gasteiger partial charge in [0.1, 0.15) is 13.2 Å². The Morgan fingerprint density at radius 2 is 1.97 bits per heavy atom. The van der Waals surface area contributed by atoms with Gasteiger partial charge in [-0.05, 0) is 56.0 Å². The number of thiazole rings is 1. The van der Waals surface area contributed by atoms with Gasteiger partial charge in [0.2, 0.25) is 5.91 Å². The van der Waals surface area contributed by atoms with Gasteiger partial charge in [0.25, 0.3) is 0 Å². The molecule has 152 valence electrons. The highest BCUT2D eigenvalue weighted by Gasteiger charge is 2.46. The molecule has 29 heavy (non-hydrogen) atoms. The van der Waals surface area contributed by atoms with Gasteiger partial charge in [-0.1, -0.05) is 12.8 Å². The predicted molar refractivity (Wildman–Crippen MR) is 114 cm³/mol. The first kappa shape index (κ1) is 18.7. The molecule has 1 aliphatic carbocycles. The largest absolute Gasteiger partial charge is 0.486 e. The first-order valence-corrected chi connectivity index (χ1v) is 11.3. The molecule has 3 aliphatic rings. The monoisotopic (exact) mass is 410 g/mol.